The highest BCUT2D eigenvalue weighted by Gasteiger charge is 2.32. The number of halogens is 9. The van der Waals surface area contributed by atoms with E-state index in [1.165, 1.54) is 24.3 Å². The normalized spacial score (nSPS) is 11.4. The Balaban J connectivity index is 0.000000206. The molecule has 0 fully saturated rings. The summed E-state index contributed by atoms with van der Waals surface area (Å²) in [5.74, 6) is -1.85. The average Bonchev–Trinajstić information content (AvgIpc) is 2.82. The number of nitrogens with zero attached hydrogens (tertiary/aromatic N) is 5. The van der Waals surface area contributed by atoms with Crippen LogP contribution in [0.3, 0.4) is 0 Å². The number of alkyl halides is 6. The van der Waals surface area contributed by atoms with Gasteiger partial charge in [-0.1, -0.05) is 35.3 Å². The van der Waals surface area contributed by atoms with Gasteiger partial charge in [0.25, 0.3) is 5.82 Å². The highest BCUT2D eigenvalue weighted by atomic mass is 35.5. The van der Waals surface area contributed by atoms with E-state index in [9.17, 15) is 35.1 Å². The lowest BCUT2D eigenvalue weighted by Crippen LogP contribution is -2.07. The van der Waals surface area contributed by atoms with Crippen molar-refractivity contribution in [2.24, 2.45) is 0 Å². The van der Waals surface area contributed by atoms with E-state index in [1.807, 2.05) is 0 Å². The lowest BCUT2D eigenvalue weighted by Gasteiger charge is -2.06. The van der Waals surface area contributed by atoms with Gasteiger partial charge < -0.3 is 4.85 Å². The molecule has 14 heteroatoms. The molecule has 0 radical (unpaired) electrons. The van der Waals surface area contributed by atoms with E-state index in [0.29, 0.717) is 11.1 Å². The summed E-state index contributed by atoms with van der Waals surface area (Å²) in [7, 11) is 0. The van der Waals surface area contributed by atoms with Gasteiger partial charge in [0.05, 0.1) is 0 Å². The smallest absolute Gasteiger partial charge is 0.361 e. The van der Waals surface area contributed by atoms with E-state index in [2.05, 4.69) is 24.8 Å². The zero-order chi connectivity index (χ0) is 27.4. The fourth-order valence-electron chi connectivity index (χ4n) is 2.80. The number of aromatic nitrogens is 4. The number of hydrogen-bond donors (Lipinski definition) is 0. The Kier molecular flexibility index (Phi) is 8.03. The van der Waals surface area contributed by atoms with Gasteiger partial charge in [-0.25, -0.2) is 4.98 Å². The molecule has 5 nitrogen and oxygen atoms in total. The highest BCUT2D eigenvalue weighted by molar-refractivity contribution is 6.29. The van der Waals surface area contributed by atoms with Crippen LogP contribution >= 0.6 is 11.6 Å². The molecule has 0 amide bonds. The molecule has 4 aromatic rings. The van der Waals surface area contributed by atoms with Crippen molar-refractivity contribution in [2.45, 2.75) is 12.4 Å². The Morgan fingerprint density at radius 3 is 1.49 bits per heavy atom. The first-order chi connectivity index (χ1) is 17.3. The number of hydrogen-bond acceptors (Lipinski definition) is 4. The molecule has 0 bridgehead atoms. The molecule has 4 aromatic heterocycles. The average molecular weight is 544 g/mol. The van der Waals surface area contributed by atoms with E-state index in [1.54, 1.807) is 0 Å². The van der Waals surface area contributed by atoms with Gasteiger partial charge in [0.15, 0.2) is 0 Å². The second-order valence-corrected chi connectivity index (χ2v) is 7.40. The van der Waals surface area contributed by atoms with Crippen LogP contribution in [0, 0.1) is 18.5 Å². The molecule has 0 N–H and O–H groups in total. The standard InChI is InChI=1S/C12H5F4N3.C11H5ClF4N2/c1-17-11-5-8(4-10(13)19-11)7-2-3-9(18-6-7)12(14,15)16;12-9-3-7(4-10(13)18-9)6-1-2-8(17-5-6)11(14,15)16/h2-6H;1-5H. The minimum Gasteiger partial charge on any atom is -0.361 e. The molecule has 0 aliphatic heterocycles. The molecule has 0 atom stereocenters. The largest absolute Gasteiger partial charge is 0.433 e. The molecular formula is C23H10ClF8N5. The zero-order valence-electron chi connectivity index (χ0n) is 17.9. The molecule has 0 unspecified atom stereocenters. The van der Waals surface area contributed by atoms with Crippen molar-refractivity contribution in [2.75, 3.05) is 0 Å². The van der Waals surface area contributed by atoms with Crippen LogP contribution in [-0.2, 0) is 12.4 Å². The molecular weight excluding hydrogens is 534 g/mol. The molecule has 190 valence electrons. The van der Waals surface area contributed by atoms with Crippen LogP contribution in [0.1, 0.15) is 11.4 Å². The van der Waals surface area contributed by atoms with Crippen LogP contribution in [0.5, 0.6) is 0 Å². The lowest BCUT2D eigenvalue weighted by molar-refractivity contribution is -0.141. The van der Waals surface area contributed by atoms with Gasteiger partial charge in [0, 0.05) is 30.1 Å². The van der Waals surface area contributed by atoms with Gasteiger partial charge >= 0.3 is 18.3 Å². The summed E-state index contributed by atoms with van der Waals surface area (Å²) in [6.07, 6.45) is -7.04. The fraction of sp³-hybridized carbons (Fsp3) is 0.0870. The maximum atomic E-state index is 13.1. The third-order valence-electron chi connectivity index (χ3n) is 4.43. The quantitative estimate of drug-likeness (QED) is 0.147. The summed E-state index contributed by atoms with van der Waals surface area (Å²) in [6, 6.07) is 8.69. The van der Waals surface area contributed by atoms with E-state index in [4.69, 9.17) is 18.2 Å². The molecule has 0 aliphatic rings. The number of rotatable bonds is 2. The predicted molar refractivity (Wildman–Crippen MR) is 116 cm³/mol. The molecule has 0 aliphatic carbocycles. The van der Waals surface area contributed by atoms with Gasteiger partial charge in [-0.15, -0.1) is 0 Å². The summed E-state index contributed by atoms with van der Waals surface area (Å²) in [6.45, 7) is 6.75. The molecule has 0 spiro atoms. The SMILES string of the molecule is Fc1cc(-c2ccc(C(F)(F)F)nc2)cc(Cl)n1.[C-]#[N+]c1cc(-c2ccc(C(F)(F)F)nc2)cc(F)n1. The van der Waals surface area contributed by atoms with Gasteiger partial charge in [-0.3, -0.25) is 9.97 Å². The minimum absolute atomic E-state index is 0.0788. The van der Waals surface area contributed by atoms with Crippen LogP contribution in [0.4, 0.5) is 40.9 Å². The Hall–Kier alpha value is -4.18. The third-order valence-corrected chi connectivity index (χ3v) is 4.63. The summed E-state index contributed by atoms with van der Waals surface area (Å²) < 4.78 is 100.0. The topological polar surface area (TPSA) is 55.9 Å². The Morgan fingerprint density at radius 2 is 1.11 bits per heavy atom. The van der Waals surface area contributed by atoms with Crippen molar-refractivity contribution < 1.29 is 35.1 Å². The second-order valence-electron chi connectivity index (χ2n) is 7.01. The number of pyridine rings is 4. The maximum absolute atomic E-state index is 13.1. The summed E-state index contributed by atoms with van der Waals surface area (Å²) in [5.41, 5.74) is -0.873. The second kappa shape index (κ2) is 10.8. The molecule has 0 saturated heterocycles. The molecule has 4 rings (SSSR count). The van der Waals surface area contributed by atoms with Crippen LogP contribution in [-0.4, -0.2) is 19.9 Å². The van der Waals surface area contributed by atoms with E-state index >= 15 is 0 Å². The molecule has 4 heterocycles. The first kappa shape index (κ1) is 27.4. The maximum Gasteiger partial charge on any atom is 0.433 e. The molecule has 0 saturated carbocycles. The Bertz CT molecular complexity index is 1410. The first-order valence-electron chi connectivity index (χ1n) is 9.71. The van der Waals surface area contributed by atoms with Crippen molar-refractivity contribution in [1.82, 2.24) is 19.9 Å². The Labute approximate surface area is 208 Å². The van der Waals surface area contributed by atoms with Gasteiger partial charge in [-0.2, -0.15) is 35.1 Å². The fourth-order valence-corrected chi connectivity index (χ4v) is 3.00. The van der Waals surface area contributed by atoms with Crippen molar-refractivity contribution in [3.63, 3.8) is 0 Å². The highest BCUT2D eigenvalue weighted by Crippen LogP contribution is 2.31. The monoisotopic (exact) mass is 543 g/mol. The molecule has 37 heavy (non-hydrogen) atoms. The van der Waals surface area contributed by atoms with Crippen LogP contribution < -0.4 is 0 Å². The molecule has 0 aromatic carbocycles. The minimum atomic E-state index is -4.52. The van der Waals surface area contributed by atoms with Crippen molar-refractivity contribution >= 4 is 17.4 Å². The predicted octanol–water partition coefficient (Wildman–Crippen LogP) is 7.81. The van der Waals surface area contributed by atoms with Crippen molar-refractivity contribution in [3.8, 4) is 22.3 Å². The first-order valence-corrected chi connectivity index (χ1v) is 10.1. The van der Waals surface area contributed by atoms with E-state index < -0.39 is 35.6 Å². The zero-order valence-corrected chi connectivity index (χ0v) is 18.7. The lowest BCUT2D eigenvalue weighted by atomic mass is 10.1. The summed E-state index contributed by atoms with van der Waals surface area (Å²) >= 11 is 5.55. The third kappa shape index (κ3) is 7.40. The van der Waals surface area contributed by atoms with Gasteiger partial charge in [-0.05, 0) is 41.0 Å². The van der Waals surface area contributed by atoms with E-state index in [-0.39, 0.29) is 22.1 Å². The van der Waals surface area contributed by atoms with Crippen LogP contribution in [0.15, 0.2) is 60.9 Å². The van der Waals surface area contributed by atoms with Crippen molar-refractivity contribution in [3.05, 3.63) is 101 Å². The summed E-state index contributed by atoms with van der Waals surface area (Å²) in [4.78, 5) is 16.1. The Morgan fingerprint density at radius 1 is 0.649 bits per heavy atom. The van der Waals surface area contributed by atoms with Gasteiger partial charge in [0.2, 0.25) is 5.95 Å². The van der Waals surface area contributed by atoms with Crippen LogP contribution in [0.25, 0.3) is 27.1 Å². The van der Waals surface area contributed by atoms with Gasteiger partial charge in [0.1, 0.15) is 16.5 Å². The van der Waals surface area contributed by atoms with Crippen molar-refractivity contribution in [1.29, 1.82) is 0 Å². The summed E-state index contributed by atoms with van der Waals surface area (Å²) in [5, 5.41) is -0.0788. The van der Waals surface area contributed by atoms with E-state index in [0.717, 1.165) is 36.7 Å². The van der Waals surface area contributed by atoms with Crippen LogP contribution in [0.2, 0.25) is 5.15 Å².